The van der Waals surface area contributed by atoms with Gasteiger partial charge in [-0.2, -0.15) is 4.98 Å². The fourth-order valence-electron chi connectivity index (χ4n) is 1.24. The summed E-state index contributed by atoms with van der Waals surface area (Å²) in [6, 6.07) is 0.270. The molecule has 0 amide bonds. The number of anilines is 1. The zero-order chi connectivity index (χ0) is 13.7. The van der Waals surface area contributed by atoms with Crippen molar-refractivity contribution in [2.45, 2.75) is 19.4 Å². The first-order valence-corrected chi connectivity index (χ1v) is 5.03. The third-order valence-electron chi connectivity index (χ3n) is 2.02. The molecule has 0 bridgehead atoms. The number of carboxylic acids is 2. The Balaban J connectivity index is 2.89. The van der Waals surface area contributed by atoms with E-state index in [1.54, 1.807) is 13.0 Å². The van der Waals surface area contributed by atoms with Gasteiger partial charge >= 0.3 is 11.9 Å². The van der Waals surface area contributed by atoms with E-state index < -0.39 is 24.4 Å². The van der Waals surface area contributed by atoms with Crippen molar-refractivity contribution in [1.29, 1.82) is 0 Å². The second-order valence-electron chi connectivity index (χ2n) is 3.51. The maximum absolute atomic E-state index is 10.9. The van der Waals surface area contributed by atoms with Crippen LogP contribution in [-0.4, -0.2) is 45.3 Å². The molecule has 0 spiro atoms. The van der Waals surface area contributed by atoms with Gasteiger partial charge in [0.1, 0.15) is 6.04 Å². The van der Waals surface area contributed by atoms with E-state index in [0.29, 0.717) is 5.69 Å². The highest BCUT2D eigenvalue weighted by Gasteiger charge is 2.22. The standard InChI is InChI=1S/C10H13N3O5/c1-5-3-7(18-2)13-10(11-5)12-6(9(16)17)4-8(14)15/h3,6H,4H2,1-2H3,(H,14,15)(H,16,17)(H,11,12,13). The van der Waals surface area contributed by atoms with Gasteiger partial charge in [-0.3, -0.25) is 4.79 Å². The van der Waals surface area contributed by atoms with Gasteiger partial charge in [-0.25, -0.2) is 9.78 Å². The molecule has 0 radical (unpaired) electrons. The summed E-state index contributed by atoms with van der Waals surface area (Å²) in [5.41, 5.74) is 0.573. The number of ether oxygens (including phenoxy) is 1. The zero-order valence-corrected chi connectivity index (χ0v) is 9.88. The number of hydrogen-bond acceptors (Lipinski definition) is 6. The topological polar surface area (TPSA) is 122 Å². The van der Waals surface area contributed by atoms with Crippen LogP contribution < -0.4 is 10.1 Å². The molecule has 0 aliphatic carbocycles. The lowest BCUT2D eigenvalue weighted by Gasteiger charge is -2.13. The van der Waals surface area contributed by atoms with E-state index in [2.05, 4.69) is 15.3 Å². The second kappa shape index (κ2) is 5.80. The van der Waals surface area contributed by atoms with E-state index in [9.17, 15) is 9.59 Å². The summed E-state index contributed by atoms with van der Waals surface area (Å²) in [5.74, 6) is -2.24. The van der Waals surface area contributed by atoms with Crippen LogP contribution in [-0.2, 0) is 9.59 Å². The molecule has 3 N–H and O–H groups in total. The van der Waals surface area contributed by atoms with E-state index in [-0.39, 0.29) is 11.8 Å². The van der Waals surface area contributed by atoms with Crippen molar-refractivity contribution < 1.29 is 24.5 Å². The number of nitrogens with zero attached hydrogens (tertiary/aromatic N) is 2. The fourth-order valence-corrected chi connectivity index (χ4v) is 1.24. The Hall–Kier alpha value is -2.38. The molecule has 0 aliphatic heterocycles. The number of aryl methyl sites for hydroxylation is 1. The van der Waals surface area contributed by atoms with Crippen LogP contribution in [0.15, 0.2) is 6.07 Å². The lowest BCUT2D eigenvalue weighted by Crippen LogP contribution is -2.32. The summed E-state index contributed by atoms with van der Waals surface area (Å²) in [4.78, 5) is 29.2. The molecular formula is C10H13N3O5. The van der Waals surface area contributed by atoms with E-state index in [0.717, 1.165) is 0 Å². The number of carbonyl (C=O) groups is 2. The Bertz CT molecular complexity index is 463. The van der Waals surface area contributed by atoms with Crippen LogP contribution in [0.25, 0.3) is 0 Å². The van der Waals surface area contributed by atoms with Crippen LogP contribution in [0.2, 0.25) is 0 Å². The molecule has 0 aromatic carbocycles. The van der Waals surface area contributed by atoms with Gasteiger partial charge in [0.25, 0.3) is 0 Å². The minimum atomic E-state index is -1.30. The molecule has 0 saturated carbocycles. The number of carboxylic acid groups (broad SMARTS) is 2. The number of rotatable bonds is 6. The van der Waals surface area contributed by atoms with Crippen molar-refractivity contribution in [3.8, 4) is 5.88 Å². The SMILES string of the molecule is COc1cc(C)nc(NC(CC(=O)O)C(=O)O)n1. The van der Waals surface area contributed by atoms with Gasteiger partial charge < -0.3 is 20.3 Å². The van der Waals surface area contributed by atoms with Gasteiger partial charge in [-0.05, 0) is 6.92 Å². The number of aliphatic carboxylic acids is 2. The van der Waals surface area contributed by atoms with E-state index in [1.807, 2.05) is 0 Å². The lowest BCUT2D eigenvalue weighted by molar-refractivity contribution is -0.144. The van der Waals surface area contributed by atoms with Crippen molar-refractivity contribution in [3.05, 3.63) is 11.8 Å². The third kappa shape index (κ3) is 3.89. The Kier molecular flexibility index (Phi) is 4.41. The molecule has 1 atom stereocenters. The molecular weight excluding hydrogens is 242 g/mol. The average Bonchev–Trinajstić information content (AvgIpc) is 2.26. The number of nitrogens with one attached hydrogen (secondary N) is 1. The molecule has 1 unspecified atom stereocenters. The summed E-state index contributed by atoms with van der Waals surface area (Å²) in [5, 5.41) is 19.9. The summed E-state index contributed by atoms with van der Waals surface area (Å²) in [6.45, 7) is 1.68. The summed E-state index contributed by atoms with van der Waals surface area (Å²) < 4.78 is 4.90. The van der Waals surface area contributed by atoms with Crippen LogP contribution in [0.4, 0.5) is 5.95 Å². The van der Waals surface area contributed by atoms with Crippen LogP contribution >= 0.6 is 0 Å². The largest absolute Gasteiger partial charge is 0.481 e. The summed E-state index contributed by atoms with van der Waals surface area (Å²) in [7, 11) is 1.41. The Labute approximate surface area is 103 Å². The highest BCUT2D eigenvalue weighted by Crippen LogP contribution is 2.12. The van der Waals surface area contributed by atoms with Crippen LogP contribution in [0, 0.1) is 6.92 Å². The van der Waals surface area contributed by atoms with Gasteiger partial charge in [0.2, 0.25) is 11.8 Å². The zero-order valence-electron chi connectivity index (χ0n) is 9.88. The molecule has 1 rings (SSSR count). The number of aromatic nitrogens is 2. The van der Waals surface area contributed by atoms with Gasteiger partial charge in [0.05, 0.1) is 13.5 Å². The monoisotopic (exact) mass is 255 g/mol. The average molecular weight is 255 g/mol. The van der Waals surface area contributed by atoms with Gasteiger partial charge in [0.15, 0.2) is 0 Å². The van der Waals surface area contributed by atoms with Crippen molar-refractivity contribution in [1.82, 2.24) is 9.97 Å². The van der Waals surface area contributed by atoms with Crippen LogP contribution in [0.3, 0.4) is 0 Å². The maximum Gasteiger partial charge on any atom is 0.326 e. The molecule has 98 valence electrons. The first-order chi connectivity index (χ1) is 8.42. The fraction of sp³-hybridized carbons (Fsp3) is 0.400. The molecule has 0 fully saturated rings. The minimum Gasteiger partial charge on any atom is -0.481 e. The second-order valence-corrected chi connectivity index (χ2v) is 3.51. The number of hydrogen-bond donors (Lipinski definition) is 3. The molecule has 0 saturated heterocycles. The van der Waals surface area contributed by atoms with Crippen molar-refractivity contribution >= 4 is 17.9 Å². The number of methoxy groups -OCH3 is 1. The first-order valence-electron chi connectivity index (χ1n) is 5.03. The Morgan fingerprint density at radius 3 is 2.61 bits per heavy atom. The van der Waals surface area contributed by atoms with Gasteiger partial charge in [-0.15, -0.1) is 0 Å². The Morgan fingerprint density at radius 1 is 1.44 bits per heavy atom. The molecule has 1 aromatic heterocycles. The first kappa shape index (κ1) is 13.7. The summed E-state index contributed by atoms with van der Waals surface area (Å²) in [6.07, 6.45) is -0.574. The molecule has 8 heteroatoms. The van der Waals surface area contributed by atoms with Crippen molar-refractivity contribution in [2.75, 3.05) is 12.4 Å². The normalized spacial score (nSPS) is 11.7. The van der Waals surface area contributed by atoms with E-state index >= 15 is 0 Å². The van der Waals surface area contributed by atoms with E-state index in [4.69, 9.17) is 14.9 Å². The van der Waals surface area contributed by atoms with Crippen LogP contribution in [0.5, 0.6) is 5.88 Å². The Morgan fingerprint density at radius 2 is 2.11 bits per heavy atom. The molecule has 1 aromatic rings. The van der Waals surface area contributed by atoms with Gasteiger partial charge in [0, 0.05) is 11.8 Å². The minimum absolute atomic E-state index is 0.0144. The van der Waals surface area contributed by atoms with E-state index in [1.165, 1.54) is 7.11 Å². The van der Waals surface area contributed by atoms with Gasteiger partial charge in [-0.1, -0.05) is 0 Å². The summed E-state index contributed by atoms with van der Waals surface area (Å²) >= 11 is 0. The smallest absolute Gasteiger partial charge is 0.326 e. The van der Waals surface area contributed by atoms with Crippen molar-refractivity contribution in [3.63, 3.8) is 0 Å². The third-order valence-corrected chi connectivity index (χ3v) is 2.02. The lowest BCUT2D eigenvalue weighted by atomic mass is 10.2. The van der Waals surface area contributed by atoms with Crippen molar-refractivity contribution in [2.24, 2.45) is 0 Å². The molecule has 0 aliphatic rings. The molecule has 1 heterocycles. The molecule has 18 heavy (non-hydrogen) atoms. The molecule has 8 nitrogen and oxygen atoms in total. The predicted molar refractivity (Wildman–Crippen MR) is 60.6 cm³/mol. The van der Waals surface area contributed by atoms with Crippen LogP contribution in [0.1, 0.15) is 12.1 Å². The maximum atomic E-state index is 10.9. The highest BCUT2D eigenvalue weighted by atomic mass is 16.5. The predicted octanol–water partition coefficient (Wildman–Crippen LogP) is 0.133. The highest BCUT2D eigenvalue weighted by molar-refractivity contribution is 5.82. The quantitative estimate of drug-likeness (QED) is 0.655.